The molecule has 0 spiro atoms. The number of nitrogens with two attached hydrogens (primary N) is 1. The van der Waals surface area contributed by atoms with Crippen LogP contribution in [0.25, 0.3) is 0 Å². The molecule has 0 saturated heterocycles. The molecule has 0 aromatic heterocycles. The number of anilines is 1. The normalized spacial score (nSPS) is 13.6. The average Bonchev–Trinajstić information content (AvgIpc) is 2.29. The van der Waals surface area contributed by atoms with Crippen LogP contribution in [0.4, 0.5) is 5.69 Å². The van der Waals surface area contributed by atoms with E-state index in [1.165, 1.54) is 5.56 Å². The monoisotopic (exact) mass is 284 g/mol. The Hall–Kier alpha value is -1.06. The molecule has 0 heterocycles. The minimum atomic E-state index is -0.803. The van der Waals surface area contributed by atoms with E-state index in [0.717, 1.165) is 12.1 Å². The third-order valence-corrected chi connectivity index (χ3v) is 3.10. The highest BCUT2D eigenvalue weighted by Gasteiger charge is 2.27. The number of hydrogen-bond donors (Lipinski definition) is 2. The molecule has 3 nitrogen and oxygen atoms in total. The maximum atomic E-state index is 12.1. The van der Waals surface area contributed by atoms with Crippen molar-refractivity contribution < 1.29 is 4.79 Å². The Balaban J connectivity index is 0.00000324. The van der Waals surface area contributed by atoms with Crippen molar-refractivity contribution in [2.45, 2.75) is 52.0 Å². The first kappa shape index (κ1) is 17.9. The molecule has 0 fully saturated rings. The quantitative estimate of drug-likeness (QED) is 0.866. The first-order chi connectivity index (χ1) is 8.36. The highest BCUT2D eigenvalue weighted by molar-refractivity contribution is 5.97. The number of rotatable bonds is 5. The van der Waals surface area contributed by atoms with Gasteiger partial charge in [0.15, 0.2) is 0 Å². The van der Waals surface area contributed by atoms with Gasteiger partial charge in [0, 0.05) is 5.69 Å². The Labute approximate surface area is 122 Å². The Morgan fingerprint density at radius 3 is 2.58 bits per heavy atom. The second kappa shape index (κ2) is 7.51. The average molecular weight is 285 g/mol. The lowest BCUT2D eigenvalue weighted by atomic mass is 9.96. The van der Waals surface area contributed by atoms with Crippen LogP contribution < -0.4 is 11.1 Å². The van der Waals surface area contributed by atoms with Crippen molar-refractivity contribution in [2.75, 3.05) is 5.32 Å². The van der Waals surface area contributed by atoms with Gasteiger partial charge in [0.05, 0.1) is 5.54 Å². The Kier molecular flexibility index (Phi) is 7.09. The second-order valence-corrected chi connectivity index (χ2v) is 5.40. The van der Waals surface area contributed by atoms with Crippen molar-refractivity contribution in [3.63, 3.8) is 0 Å². The maximum absolute atomic E-state index is 12.1. The molecule has 0 aliphatic heterocycles. The van der Waals surface area contributed by atoms with Crippen molar-refractivity contribution in [1.82, 2.24) is 0 Å². The van der Waals surface area contributed by atoms with E-state index in [2.05, 4.69) is 25.2 Å². The molecule has 1 unspecified atom stereocenters. The molecule has 108 valence electrons. The zero-order chi connectivity index (χ0) is 13.8. The number of carbonyl (C=O) groups excluding carboxylic acids is 1. The van der Waals surface area contributed by atoms with E-state index < -0.39 is 5.54 Å². The number of halogens is 1. The molecule has 4 heteroatoms. The molecule has 1 amide bonds. The number of amides is 1. The fraction of sp³-hybridized carbons (Fsp3) is 0.533. The van der Waals surface area contributed by atoms with E-state index in [-0.39, 0.29) is 18.3 Å². The van der Waals surface area contributed by atoms with Gasteiger partial charge < -0.3 is 11.1 Å². The van der Waals surface area contributed by atoms with Gasteiger partial charge in [-0.05, 0) is 37.0 Å². The summed E-state index contributed by atoms with van der Waals surface area (Å²) in [4.78, 5) is 12.1. The van der Waals surface area contributed by atoms with Crippen molar-refractivity contribution in [1.29, 1.82) is 0 Å². The van der Waals surface area contributed by atoms with Gasteiger partial charge in [0.1, 0.15) is 0 Å². The van der Waals surface area contributed by atoms with E-state index in [0.29, 0.717) is 12.3 Å². The molecule has 1 atom stereocenters. The molecule has 0 aliphatic rings. The number of benzene rings is 1. The van der Waals surface area contributed by atoms with Gasteiger partial charge in [-0.25, -0.2) is 0 Å². The highest BCUT2D eigenvalue weighted by Crippen LogP contribution is 2.20. The second-order valence-electron chi connectivity index (χ2n) is 5.40. The molecule has 1 rings (SSSR count). The molecule has 3 N–H and O–H groups in total. The first-order valence-corrected chi connectivity index (χ1v) is 6.57. The van der Waals surface area contributed by atoms with E-state index in [9.17, 15) is 4.79 Å². The van der Waals surface area contributed by atoms with Gasteiger partial charge in [0.25, 0.3) is 0 Å². The van der Waals surface area contributed by atoms with Gasteiger partial charge in [0.2, 0.25) is 5.91 Å². The minimum absolute atomic E-state index is 0. The predicted octanol–water partition coefficient (Wildman–Crippen LogP) is 3.69. The zero-order valence-electron chi connectivity index (χ0n) is 12.2. The van der Waals surface area contributed by atoms with Gasteiger partial charge >= 0.3 is 0 Å². The van der Waals surface area contributed by atoms with Crippen LogP contribution in [-0.4, -0.2) is 11.4 Å². The summed E-state index contributed by atoms with van der Waals surface area (Å²) in [5, 5.41) is 2.90. The SMILES string of the molecule is CCCC(C)(N)C(=O)Nc1cccc(C(C)C)c1.Cl. The van der Waals surface area contributed by atoms with E-state index >= 15 is 0 Å². The molecule has 0 radical (unpaired) electrons. The van der Waals surface area contributed by atoms with Crippen LogP contribution in [0.3, 0.4) is 0 Å². The third-order valence-electron chi connectivity index (χ3n) is 3.10. The summed E-state index contributed by atoms with van der Waals surface area (Å²) in [6.45, 7) is 8.06. The van der Waals surface area contributed by atoms with Gasteiger partial charge in [-0.3, -0.25) is 4.79 Å². The molecule has 1 aromatic carbocycles. The largest absolute Gasteiger partial charge is 0.324 e. The Morgan fingerprint density at radius 1 is 1.42 bits per heavy atom. The fourth-order valence-electron chi connectivity index (χ4n) is 1.88. The van der Waals surface area contributed by atoms with Gasteiger partial charge in [-0.2, -0.15) is 0 Å². The topological polar surface area (TPSA) is 55.1 Å². The smallest absolute Gasteiger partial charge is 0.244 e. The summed E-state index contributed by atoms with van der Waals surface area (Å²) in [7, 11) is 0. The first-order valence-electron chi connectivity index (χ1n) is 6.57. The van der Waals surface area contributed by atoms with E-state index in [1.54, 1.807) is 6.92 Å². The lowest BCUT2D eigenvalue weighted by molar-refractivity contribution is -0.120. The Morgan fingerprint density at radius 2 is 2.05 bits per heavy atom. The standard InChI is InChI=1S/C15H24N2O.ClH/c1-5-9-15(4,16)14(18)17-13-8-6-7-12(10-13)11(2)3;/h6-8,10-11H,5,9,16H2,1-4H3,(H,17,18);1H. The zero-order valence-corrected chi connectivity index (χ0v) is 13.0. The number of nitrogens with one attached hydrogen (secondary N) is 1. The van der Waals surface area contributed by atoms with Crippen molar-refractivity contribution in [2.24, 2.45) is 5.73 Å². The molecule has 1 aromatic rings. The molecule has 19 heavy (non-hydrogen) atoms. The van der Waals surface area contributed by atoms with E-state index in [4.69, 9.17) is 5.73 Å². The fourth-order valence-corrected chi connectivity index (χ4v) is 1.88. The van der Waals surface area contributed by atoms with Crippen LogP contribution in [0.5, 0.6) is 0 Å². The van der Waals surface area contributed by atoms with Crippen LogP contribution in [0.15, 0.2) is 24.3 Å². The Bertz CT molecular complexity index is 416. The molecule has 0 aliphatic carbocycles. The van der Waals surface area contributed by atoms with Gasteiger partial charge in [-0.15, -0.1) is 12.4 Å². The number of carbonyl (C=O) groups is 1. The highest BCUT2D eigenvalue weighted by atomic mass is 35.5. The molecular weight excluding hydrogens is 260 g/mol. The van der Waals surface area contributed by atoms with Crippen LogP contribution >= 0.6 is 12.4 Å². The lowest BCUT2D eigenvalue weighted by Crippen LogP contribution is -2.48. The summed E-state index contributed by atoms with van der Waals surface area (Å²) in [6.07, 6.45) is 1.58. The summed E-state index contributed by atoms with van der Waals surface area (Å²) >= 11 is 0. The van der Waals surface area contributed by atoms with Crippen LogP contribution in [0.2, 0.25) is 0 Å². The van der Waals surface area contributed by atoms with Crippen LogP contribution in [-0.2, 0) is 4.79 Å². The summed E-state index contributed by atoms with van der Waals surface area (Å²) in [5.74, 6) is 0.326. The van der Waals surface area contributed by atoms with Crippen molar-refractivity contribution >= 4 is 24.0 Å². The predicted molar refractivity (Wildman–Crippen MR) is 83.9 cm³/mol. The van der Waals surface area contributed by atoms with Crippen molar-refractivity contribution in [3.8, 4) is 0 Å². The minimum Gasteiger partial charge on any atom is -0.324 e. The lowest BCUT2D eigenvalue weighted by Gasteiger charge is -2.23. The summed E-state index contributed by atoms with van der Waals surface area (Å²) in [5.41, 5.74) is 7.23. The molecule has 0 saturated carbocycles. The van der Waals surface area contributed by atoms with Crippen LogP contribution in [0.1, 0.15) is 52.0 Å². The summed E-state index contributed by atoms with van der Waals surface area (Å²) in [6, 6.07) is 7.92. The van der Waals surface area contributed by atoms with Gasteiger partial charge in [-0.1, -0.05) is 39.3 Å². The van der Waals surface area contributed by atoms with E-state index in [1.807, 2.05) is 25.1 Å². The third kappa shape index (κ3) is 5.21. The maximum Gasteiger partial charge on any atom is 0.244 e. The summed E-state index contributed by atoms with van der Waals surface area (Å²) < 4.78 is 0. The van der Waals surface area contributed by atoms with Crippen molar-refractivity contribution in [3.05, 3.63) is 29.8 Å². The number of hydrogen-bond acceptors (Lipinski definition) is 2. The molecular formula is C15H25ClN2O. The molecule has 0 bridgehead atoms. The van der Waals surface area contributed by atoms with Crippen LogP contribution in [0, 0.1) is 0 Å².